The summed E-state index contributed by atoms with van der Waals surface area (Å²) in [6.45, 7) is 2.43. The zero-order chi connectivity index (χ0) is 18.0. The molecule has 2 aromatic rings. The van der Waals surface area contributed by atoms with Crippen LogP contribution in [0.2, 0.25) is 0 Å². The van der Waals surface area contributed by atoms with E-state index in [-0.39, 0.29) is 5.91 Å². The Morgan fingerprint density at radius 3 is 2.73 bits per heavy atom. The number of anilines is 1. The van der Waals surface area contributed by atoms with Crippen molar-refractivity contribution in [3.8, 4) is 5.75 Å². The number of carbonyl (C=O) groups is 1. The smallest absolute Gasteiger partial charge is 0.231 e. The first-order valence-corrected chi connectivity index (χ1v) is 9.22. The number of nitrogens with zero attached hydrogens (tertiary/aromatic N) is 3. The van der Waals surface area contributed by atoms with E-state index in [1.165, 1.54) is 12.8 Å². The lowest BCUT2D eigenvalue weighted by Gasteiger charge is -2.19. The predicted octanol–water partition coefficient (Wildman–Crippen LogP) is 2.43. The molecule has 0 spiro atoms. The van der Waals surface area contributed by atoms with Gasteiger partial charge in [0.1, 0.15) is 5.75 Å². The Balaban J connectivity index is 1.45. The van der Waals surface area contributed by atoms with Gasteiger partial charge in [-0.3, -0.25) is 4.79 Å². The summed E-state index contributed by atoms with van der Waals surface area (Å²) < 4.78 is 5.45. The maximum Gasteiger partial charge on any atom is 0.231 e. The lowest BCUT2D eigenvalue weighted by molar-refractivity contribution is -0.123. The third-order valence-electron chi connectivity index (χ3n) is 5.33. The number of carbonyl (C=O) groups excluding carboxylic acids is 1. The average molecular weight is 352 g/mol. The van der Waals surface area contributed by atoms with Gasteiger partial charge in [-0.25, -0.2) is 9.97 Å². The third kappa shape index (κ3) is 3.11. The van der Waals surface area contributed by atoms with Crippen LogP contribution in [0.1, 0.15) is 36.9 Å². The molecule has 4 rings (SSSR count). The highest BCUT2D eigenvalue weighted by atomic mass is 16.5. The molecular formula is C20H24N4O2. The van der Waals surface area contributed by atoms with Crippen molar-refractivity contribution in [1.82, 2.24) is 15.3 Å². The van der Waals surface area contributed by atoms with Gasteiger partial charge in [-0.15, -0.1) is 0 Å². The van der Waals surface area contributed by atoms with Gasteiger partial charge in [0.25, 0.3) is 0 Å². The van der Waals surface area contributed by atoms with Gasteiger partial charge in [-0.2, -0.15) is 0 Å². The molecule has 26 heavy (non-hydrogen) atoms. The van der Waals surface area contributed by atoms with Crippen LogP contribution in [0.3, 0.4) is 0 Å². The summed E-state index contributed by atoms with van der Waals surface area (Å²) in [5, 5.41) is 3.07. The predicted molar refractivity (Wildman–Crippen MR) is 99.2 cm³/mol. The molecule has 0 atom stereocenters. The monoisotopic (exact) mass is 352 g/mol. The quantitative estimate of drug-likeness (QED) is 0.865. The van der Waals surface area contributed by atoms with Gasteiger partial charge in [0.2, 0.25) is 11.9 Å². The number of benzene rings is 1. The minimum Gasteiger partial charge on any atom is -0.496 e. The molecular weight excluding hydrogens is 328 g/mol. The molecule has 1 aliphatic carbocycles. The number of aromatic nitrogens is 2. The molecule has 6 nitrogen and oxygen atoms in total. The molecule has 1 saturated carbocycles. The first-order valence-electron chi connectivity index (χ1n) is 9.22. The number of amides is 1. The molecule has 0 unspecified atom stereocenters. The zero-order valence-electron chi connectivity index (χ0n) is 15.1. The van der Waals surface area contributed by atoms with Gasteiger partial charge in [0.05, 0.1) is 24.8 Å². The van der Waals surface area contributed by atoms with Crippen molar-refractivity contribution in [2.45, 2.75) is 37.6 Å². The van der Waals surface area contributed by atoms with E-state index in [4.69, 9.17) is 4.74 Å². The molecule has 0 bridgehead atoms. The molecule has 2 fully saturated rings. The second kappa shape index (κ2) is 6.94. The number of ether oxygens (including phenoxy) is 1. The van der Waals surface area contributed by atoms with Crippen molar-refractivity contribution >= 4 is 11.9 Å². The van der Waals surface area contributed by atoms with Crippen LogP contribution in [0, 0.1) is 0 Å². The van der Waals surface area contributed by atoms with Crippen LogP contribution in [-0.4, -0.2) is 36.1 Å². The van der Waals surface area contributed by atoms with Crippen LogP contribution in [0.25, 0.3) is 0 Å². The molecule has 1 saturated heterocycles. The van der Waals surface area contributed by atoms with E-state index in [0.717, 1.165) is 48.9 Å². The van der Waals surface area contributed by atoms with Crippen molar-refractivity contribution in [1.29, 1.82) is 0 Å². The topological polar surface area (TPSA) is 67.3 Å². The first-order chi connectivity index (χ1) is 12.7. The lowest BCUT2D eigenvalue weighted by Crippen LogP contribution is -2.35. The largest absolute Gasteiger partial charge is 0.496 e. The Bertz CT molecular complexity index is 798. The second-order valence-corrected chi connectivity index (χ2v) is 7.01. The fourth-order valence-electron chi connectivity index (χ4n) is 3.68. The van der Waals surface area contributed by atoms with E-state index >= 15 is 0 Å². The molecule has 1 amide bonds. The van der Waals surface area contributed by atoms with E-state index in [1.807, 2.05) is 30.3 Å². The Labute approximate surface area is 153 Å². The van der Waals surface area contributed by atoms with Crippen molar-refractivity contribution in [3.63, 3.8) is 0 Å². The van der Waals surface area contributed by atoms with Crippen LogP contribution < -0.4 is 15.0 Å². The van der Waals surface area contributed by atoms with E-state index in [1.54, 1.807) is 13.3 Å². The van der Waals surface area contributed by atoms with E-state index in [2.05, 4.69) is 20.2 Å². The second-order valence-electron chi connectivity index (χ2n) is 7.01. The number of hydrogen-bond acceptors (Lipinski definition) is 5. The molecule has 2 aliphatic rings. The summed E-state index contributed by atoms with van der Waals surface area (Å²) in [5.41, 5.74) is 1.35. The van der Waals surface area contributed by atoms with Crippen molar-refractivity contribution in [2.75, 3.05) is 25.1 Å². The van der Waals surface area contributed by atoms with Crippen LogP contribution in [0.4, 0.5) is 5.95 Å². The van der Waals surface area contributed by atoms with Gasteiger partial charge < -0.3 is 15.0 Å². The highest BCUT2D eigenvalue weighted by Gasteiger charge is 2.52. The minimum absolute atomic E-state index is 0.0448. The van der Waals surface area contributed by atoms with Crippen molar-refractivity contribution < 1.29 is 9.53 Å². The lowest BCUT2D eigenvalue weighted by atomic mass is 9.94. The molecule has 1 aliphatic heterocycles. The van der Waals surface area contributed by atoms with Crippen molar-refractivity contribution in [2.24, 2.45) is 0 Å². The van der Waals surface area contributed by atoms with Gasteiger partial charge in [0, 0.05) is 24.8 Å². The Morgan fingerprint density at radius 1 is 1.23 bits per heavy atom. The summed E-state index contributed by atoms with van der Waals surface area (Å²) in [4.78, 5) is 24.1. The van der Waals surface area contributed by atoms with Gasteiger partial charge in [-0.1, -0.05) is 18.2 Å². The minimum atomic E-state index is -0.461. The van der Waals surface area contributed by atoms with E-state index in [9.17, 15) is 4.79 Å². The normalized spacial score (nSPS) is 17.8. The number of para-hydroxylation sites is 1. The van der Waals surface area contributed by atoms with Crippen molar-refractivity contribution in [3.05, 3.63) is 47.8 Å². The van der Waals surface area contributed by atoms with Crippen LogP contribution in [0.5, 0.6) is 5.75 Å². The summed E-state index contributed by atoms with van der Waals surface area (Å²) in [6.07, 6.45) is 5.84. The number of hydrogen-bond donors (Lipinski definition) is 1. The molecule has 136 valence electrons. The summed E-state index contributed by atoms with van der Waals surface area (Å²) >= 11 is 0. The maximum atomic E-state index is 12.9. The fourth-order valence-corrected chi connectivity index (χ4v) is 3.68. The number of rotatable bonds is 6. The standard InChI is InChI=1S/C20H24N4O2/c1-26-17-7-3-2-6-16(17)20(9-10-20)18(25)22-14-15-8-11-21-19(23-15)24-12-4-5-13-24/h2-3,6-8,11H,4-5,9-10,12-14H2,1H3,(H,22,25). The van der Waals surface area contributed by atoms with Crippen LogP contribution in [-0.2, 0) is 16.8 Å². The maximum absolute atomic E-state index is 12.9. The number of nitrogens with one attached hydrogen (secondary N) is 1. The molecule has 1 aromatic heterocycles. The van der Waals surface area contributed by atoms with E-state index < -0.39 is 5.41 Å². The summed E-state index contributed by atoms with van der Waals surface area (Å²) in [7, 11) is 1.65. The fraction of sp³-hybridized carbons (Fsp3) is 0.450. The Kier molecular flexibility index (Phi) is 4.49. The third-order valence-corrected chi connectivity index (χ3v) is 5.33. The summed E-state index contributed by atoms with van der Waals surface area (Å²) in [6, 6.07) is 9.65. The highest BCUT2D eigenvalue weighted by Crippen LogP contribution is 2.51. The molecule has 0 radical (unpaired) electrons. The molecule has 6 heteroatoms. The van der Waals surface area contributed by atoms with Gasteiger partial charge in [-0.05, 0) is 37.8 Å². The van der Waals surface area contributed by atoms with Crippen LogP contribution in [0.15, 0.2) is 36.5 Å². The van der Waals surface area contributed by atoms with Gasteiger partial charge in [0.15, 0.2) is 0 Å². The Hall–Kier alpha value is -2.63. The van der Waals surface area contributed by atoms with Gasteiger partial charge >= 0.3 is 0 Å². The molecule has 1 aromatic carbocycles. The SMILES string of the molecule is COc1ccccc1C1(C(=O)NCc2ccnc(N3CCCC3)n2)CC1. The number of methoxy groups -OCH3 is 1. The van der Waals surface area contributed by atoms with E-state index in [0.29, 0.717) is 6.54 Å². The first kappa shape index (κ1) is 16.8. The molecule has 1 N–H and O–H groups in total. The summed E-state index contributed by atoms with van der Waals surface area (Å²) in [5.74, 6) is 1.59. The van der Waals surface area contributed by atoms with Crippen LogP contribution >= 0.6 is 0 Å². The Morgan fingerprint density at radius 2 is 2.00 bits per heavy atom. The zero-order valence-corrected chi connectivity index (χ0v) is 15.1. The molecule has 2 heterocycles. The highest BCUT2D eigenvalue weighted by molar-refractivity contribution is 5.92. The average Bonchev–Trinajstić information content (AvgIpc) is 3.32.